The van der Waals surface area contributed by atoms with Gasteiger partial charge in [0.25, 0.3) is 0 Å². The molecule has 47 heavy (non-hydrogen) atoms. The lowest BCUT2D eigenvalue weighted by atomic mass is 9.71. The molecule has 7 unspecified atom stereocenters. The number of aliphatic imine (C=N–C) groups is 1. The van der Waals surface area contributed by atoms with Crippen LogP contribution in [0.4, 0.5) is 0 Å². The number of aliphatic hydroxyl groups excluding tert-OH is 1. The quantitative estimate of drug-likeness (QED) is 0.182. The number of ether oxygens (including phenoxy) is 5. The lowest BCUT2D eigenvalue weighted by Crippen LogP contribution is -2.59. The Labute approximate surface area is 278 Å². The summed E-state index contributed by atoms with van der Waals surface area (Å²) in [6.45, 7) is 14.2. The summed E-state index contributed by atoms with van der Waals surface area (Å²) in [5.74, 6) is -7.67. The van der Waals surface area contributed by atoms with Crippen molar-refractivity contribution in [2.45, 2.75) is 116 Å². The third-order valence-corrected chi connectivity index (χ3v) is 11.3. The second-order valence-electron chi connectivity index (χ2n) is 14.7. The molecule has 4 aliphatic rings. The summed E-state index contributed by atoms with van der Waals surface area (Å²) < 4.78 is 30.6. The molecule has 1 aliphatic carbocycles. The van der Waals surface area contributed by atoms with E-state index >= 15 is 0 Å². The van der Waals surface area contributed by atoms with Crippen LogP contribution in [0, 0.1) is 41.4 Å². The number of hydrogen-bond acceptors (Lipinski definition) is 12. The predicted molar refractivity (Wildman–Crippen MR) is 171 cm³/mol. The van der Waals surface area contributed by atoms with Gasteiger partial charge in [0.1, 0.15) is 35.7 Å². The first kappa shape index (κ1) is 37.4. The summed E-state index contributed by atoms with van der Waals surface area (Å²) in [4.78, 5) is 61.6. The van der Waals surface area contributed by atoms with Crippen LogP contribution in [0.15, 0.2) is 4.99 Å². The molecular formula is C34H55N3O10. The minimum atomic E-state index is -1.27. The number of carbonyl (C=O) groups is 4. The smallest absolute Gasteiger partial charge is 0.317 e. The Hall–Kier alpha value is -2.45. The van der Waals surface area contributed by atoms with Gasteiger partial charge in [-0.1, -0.05) is 27.7 Å². The zero-order chi connectivity index (χ0) is 35.3. The number of hydrogen-bond donors (Lipinski definition) is 2. The van der Waals surface area contributed by atoms with Crippen LogP contribution in [-0.2, 0) is 42.9 Å². The Bertz CT molecular complexity index is 1260. The minimum Gasteiger partial charge on any atom is -0.457 e. The standard InChI is InChI=1S/C34H55N3O10/c1-12-36-29(35)22-23-17(4)24(38)15(2)14-33(8,43-11)27(46-32-26(40)21(37(9)10)13-16(3)44-32)18(5)25(39)19(6)30(41)45-28-20(7)34(23,28)47-31(22)42/h15-23,26-28,32,40H,12-14H2,1-11H3,(H2,35,36)/t15-,16?,17-,18+,19-,20?,21?,22?,23?,26?,27-,28+,32?,33-,34+/m1/s1. The number of likely N-dealkylation sites (N-methyl/N-ethyl adjacent to an activating group) is 1. The Kier molecular flexibility index (Phi) is 11.0. The number of carbonyl (C=O) groups excluding carboxylic acids is 4. The zero-order valence-electron chi connectivity index (χ0n) is 29.7. The van der Waals surface area contributed by atoms with E-state index in [1.807, 2.05) is 25.9 Å². The minimum absolute atomic E-state index is 0.0702. The maximum atomic E-state index is 14.3. The van der Waals surface area contributed by atoms with Crippen LogP contribution in [-0.4, -0.2) is 115 Å². The lowest BCUT2D eigenvalue weighted by molar-refractivity contribution is -0.295. The van der Waals surface area contributed by atoms with Gasteiger partial charge >= 0.3 is 11.9 Å². The number of nitrogens with zero attached hydrogens (tertiary/aromatic N) is 2. The van der Waals surface area contributed by atoms with Crippen molar-refractivity contribution in [1.29, 1.82) is 0 Å². The van der Waals surface area contributed by atoms with E-state index in [9.17, 15) is 24.3 Å². The second-order valence-corrected chi connectivity index (χ2v) is 14.7. The van der Waals surface area contributed by atoms with E-state index in [0.717, 1.165) is 0 Å². The van der Waals surface area contributed by atoms with Crippen molar-refractivity contribution in [1.82, 2.24) is 4.90 Å². The average molecular weight is 666 g/mol. The highest BCUT2D eigenvalue weighted by molar-refractivity contribution is 6.04. The van der Waals surface area contributed by atoms with E-state index < -0.39 is 95.0 Å². The Morgan fingerprint density at radius 3 is 2.26 bits per heavy atom. The van der Waals surface area contributed by atoms with E-state index in [-0.39, 0.29) is 30.2 Å². The lowest BCUT2D eigenvalue weighted by Gasteiger charge is -2.46. The van der Waals surface area contributed by atoms with Crippen LogP contribution in [0.25, 0.3) is 0 Å². The monoisotopic (exact) mass is 665 g/mol. The van der Waals surface area contributed by atoms with Crippen molar-refractivity contribution in [2.75, 3.05) is 27.7 Å². The van der Waals surface area contributed by atoms with Gasteiger partial charge in [-0.2, -0.15) is 0 Å². The molecule has 15 atom stereocenters. The molecule has 3 aliphatic heterocycles. The molecule has 0 bridgehead atoms. The molecule has 1 saturated carbocycles. The fraction of sp³-hybridized carbons (Fsp3) is 0.853. The first-order valence-corrected chi connectivity index (χ1v) is 16.9. The summed E-state index contributed by atoms with van der Waals surface area (Å²) in [5.41, 5.74) is 3.80. The van der Waals surface area contributed by atoms with E-state index in [1.54, 1.807) is 41.5 Å². The van der Waals surface area contributed by atoms with E-state index in [4.69, 9.17) is 29.4 Å². The summed E-state index contributed by atoms with van der Waals surface area (Å²) in [5, 5.41) is 11.3. The molecule has 0 aromatic rings. The average Bonchev–Trinajstić information content (AvgIpc) is 3.39. The van der Waals surface area contributed by atoms with Gasteiger partial charge in [-0.3, -0.25) is 24.2 Å². The third kappa shape index (κ3) is 6.50. The first-order valence-electron chi connectivity index (χ1n) is 16.9. The largest absolute Gasteiger partial charge is 0.457 e. The van der Waals surface area contributed by atoms with Crippen molar-refractivity contribution in [3.8, 4) is 0 Å². The molecule has 0 aromatic heterocycles. The van der Waals surface area contributed by atoms with Crippen LogP contribution in [0.5, 0.6) is 0 Å². The van der Waals surface area contributed by atoms with Gasteiger partial charge in [0.15, 0.2) is 17.7 Å². The number of aliphatic hydroxyl groups is 1. The molecule has 4 rings (SSSR count). The van der Waals surface area contributed by atoms with E-state index in [0.29, 0.717) is 13.0 Å². The highest BCUT2D eigenvalue weighted by Gasteiger charge is 2.79. The number of methoxy groups -OCH3 is 1. The summed E-state index contributed by atoms with van der Waals surface area (Å²) in [6.07, 6.45) is -3.61. The van der Waals surface area contributed by atoms with E-state index in [2.05, 4.69) is 4.99 Å². The number of amidine groups is 1. The van der Waals surface area contributed by atoms with Crippen LogP contribution in [0.3, 0.4) is 0 Å². The molecule has 0 radical (unpaired) electrons. The van der Waals surface area contributed by atoms with Gasteiger partial charge in [0.2, 0.25) is 0 Å². The maximum absolute atomic E-state index is 14.3. The molecule has 3 N–H and O–H groups in total. The number of nitrogens with two attached hydrogens (primary N) is 1. The molecule has 13 heteroatoms. The van der Waals surface area contributed by atoms with Crippen LogP contribution < -0.4 is 5.73 Å². The van der Waals surface area contributed by atoms with Crippen molar-refractivity contribution in [3.05, 3.63) is 0 Å². The van der Waals surface area contributed by atoms with Gasteiger partial charge in [-0.05, 0) is 54.6 Å². The number of esters is 2. The fourth-order valence-corrected chi connectivity index (χ4v) is 8.46. The number of ketones is 2. The predicted octanol–water partition coefficient (Wildman–Crippen LogP) is 1.76. The summed E-state index contributed by atoms with van der Waals surface area (Å²) >= 11 is 0. The highest BCUT2D eigenvalue weighted by Crippen LogP contribution is 2.62. The van der Waals surface area contributed by atoms with E-state index in [1.165, 1.54) is 14.0 Å². The molecule has 13 nitrogen and oxygen atoms in total. The van der Waals surface area contributed by atoms with Gasteiger partial charge < -0.3 is 39.4 Å². The molecular weight excluding hydrogens is 610 g/mol. The van der Waals surface area contributed by atoms with Crippen LogP contribution >= 0.6 is 0 Å². The topological polar surface area (TPSA) is 176 Å². The van der Waals surface area contributed by atoms with Crippen molar-refractivity contribution >= 4 is 29.3 Å². The normalized spacial score (nSPS) is 46.7. The molecule has 3 heterocycles. The molecule has 1 spiro atoms. The van der Waals surface area contributed by atoms with Crippen LogP contribution in [0.1, 0.15) is 68.2 Å². The van der Waals surface area contributed by atoms with Crippen LogP contribution in [0.2, 0.25) is 0 Å². The Morgan fingerprint density at radius 2 is 1.68 bits per heavy atom. The van der Waals surface area contributed by atoms with Gasteiger partial charge in [0.05, 0.1) is 17.8 Å². The van der Waals surface area contributed by atoms with Gasteiger partial charge in [-0.25, -0.2) is 0 Å². The number of Topliss-reactive ketones (excluding diaryl/α,β-unsaturated/α-hetero) is 2. The van der Waals surface area contributed by atoms with Gasteiger partial charge in [0, 0.05) is 49.3 Å². The Balaban J connectivity index is 1.78. The molecule has 266 valence electrons. The van der Waals surface area contributed by atoms with Crippen molar-refractivity contribution in [3.63, 3.8) is 0 Å². The van der Waals surface area contributed by atoms with Crippen molar-refractivity contribution in [2.24, 2.45) is 52.2 Å². The Morgan fingerprint density at radius 1 is 1.04 bits per heavy atom. The molecule has 3 saturated heterocycles. The second kappa shape index (κ2) is 13.8. The summed E-state index contributed by atoms with van der Waals surface area (Å²) in [6, 6.07) is -0.272. The SMILES string of the molecule is CCN=C(N)C1C(=O)O[C@@]23C1[C@@H](C)C(=O)[C@H](C)C[C@@](C)(OC)[C@H](OC1OC(C)CC(N(C)C)C1O)[C@@H](C)C(=O)[C@@H](C)C(=O)O[C@H]2C3C. The summed E-state index contributed by atoms with van der Waals surface area (Å²) in [7, 11) is 5.20. The first-order chi connectivity index (χ1) is 21.9. The van der Waals surface area contributed by atoms with Crippen molar-refractivity contribution < 1.29 is 48.0 Å². The third-order valence-electron chi connectivity index (χ3n) is 11.3. The molecule has 0 amide bonds. The fourth-order valence-electron chi connectivity index (χ4n) is 8.46. The highest BCUT2D eigenvalue weighted by atomic mass is 16.7. The van der Waals surface area contributed by atoms with Gasteiger partial charge in [-0.15, -0.1) is 0 Å². The zero-order valence-corrected chi connectivity index (χ0v) is 29.7. The number of rotatable bonds is 6. The maximum Gasteiger partial charge on any atom is 0.317 e. The molecule has 4 fully saturated rings. The molecule has 0 aromatic carbocycles.